The predicted octanol–water partition coefficient (Wildman–Crippen LogP) is 3.42. The van der Waals surface area contributed by atoms with Crippen LogP contribution in [0.3, 0.4) is 0 Å². The number of anilines is 1. The van der Waals surface area contributed by atoms with Crippen LogP contribution in [0.5, 0.6) is 5.75 Å². The average molecular weight is 305 g/mol. The molecule has 2 aromatic rings. The molecule has 0 saturated heterocycles. The fraction of sp³-hybridized carbons (Fsp3) is 0.250. The maximum atomic E-state index is 12.4. The largest absolute Gasteiger partial charge is 0.496 e. The summed E-state index contributed by atoms with van der Waals surface area (Å²) in [7, 11) is -2.04. The van der Waals surface area contributed by atoms with E-state index in [1.165, 1.54) is 6.07 Å². The minimum atomic E-state index is -3.60. The van der Waals surface area contributed by atoms with Crippen molar-refractivity contribution < 1.29 is 13.2 Å². The number of ether oxygens (including phenoxy) is 1. The molecular formula is C16H19NO3S. The Labute approximate surface area is 125 Å². The molecule has 0 unspecified atom stereocenters. The molecule has 0 amide bonds. The highest BCUT2D eigenvalue weighted by atomic mass is 32.2. The molecule has 21 heavy (non-hydrogen) atoms. The zero-order chi connectivity index (χ0) is 15.6. The van der Waals surface area contributed by atoms with Gasteiger partial charge in [0.25, 0.3) is 10.0 Å². The van der Waals surface area contributed by atoms with Gasteiger partial charge < -0.3 is 4.74 Å². The van der Waals surface area contributed by atoms with Gasteiger partial charge in [0.1, 0.15) is 5.75 Å². The number of hydrogen-bond donors (Lipinski definition) is 1. The molecule has 2 rings (SSSR count). The summed E-state index contributed by atoms with van der Waals surface area (Å²) in [5.74, 6) is 0.667. The van der Waals surface area contributed by atoms with Gasteiger partial charge >= 0.3 is 0 Å². The first kappa shape index (κ1) is 15.4. The van der Waals surface area contributed by atoms with Gasteiger partial charge in [-0.05, 0) is 67.8 Å². The normalized spacial score (nSPS) is 11.2. The molecule has 112 valence electrons. The van der Waals surface area contributed by atoms with Gasteiger partial charge in [0.05, 0.1) is 12.0 Å². The fourth-order valence-electron chi connectivity index (χ4n) is 2.04. The maximum absolute atomic E-state index is 12.4. The number of benzene rings is 2. The van der Waals surface area contributed by atoms with Crippen LogP contribution in [0.1, 0.15) is 16.7 Å². The van der Waals surface area contributed by atoms with Crippen LogP contribution < -0.4 is 9.46 Å². The summed E-state index contributed by atoms with van der Waals surface area (Å²) in [5, 5.41) is 0. The monoisotopic (exact) mass is 305 g/mol. The molecule has 0 heterocycles. The van der Waals surface area contributed by atoms with E-state index in [1.807, 2.05) is 32.9 Å². The van der Waals surface area contributed by atoms with E-state index in [4.69, 9.17) is 4.74 Å². The van der Waals surface area contributed by atoms with Crippen LogP contribution in [-0.2, 0) is 10.0 Å². The van der Waals surface area contributed by atoms with Gasteiger partial charge in [-0.25, -0.2) is 8.42 Å². The number of methoxy groups -OCH3 is 1. The predicted molar refractivity (Wildman–Crippen MR) is 84.5 cm³/mol. The molecule has 2 aromatic carbocycles. The van der Waals surface area contributed by atoms with Crippen LogP contribution in [0.25, 0.3) is 0 Å². The summed E-state index contributed by atoms with van der Waals surface area (Å²) in [4.78, 5) is 0.221. The van der Waals surface area contributed by atoms with E-state index in [0.29, 0.717) is 11.4 Å². The van der Waals surface area contributed by atoms with Crippen LogP contribution in [0.2, 0.25) is 0 Å². The van der Waals surface area contributed by atoms with Crippen molar-refractivity contribution in [3.05, 3.63) is 53.1 Å². The summed E-state index contributed by atoms with van der Waals surface area (Å²) in [6, 6.07) is 10.3. The van der Waals surface area contributed by atoms with Gasteiger partial charge in [-0.2, -0.15) is 0 Å². The van der Waals surface area contributed by atoms with Crippen molar-refractivity contribution in [1.82, 2.24) is 0 Å². The number of aryl methyl sites for hydroxylation is 3. The van der Waals surface area contributed by atoms with Crippen molar-refractivity contribution in [1.29, 1.82) is 0 Å². The van der Waals surface area contributed by atoms with Crippen molar-refractivity contribution in [2.45, 2.75) is 25.7 Å². The van der Waals surface area contributed by atoms with E-state index in [9.17, 15) is 8.42 Å². The van der Waals surface area contributed by atoms with E-state index < -0.39 is 10.0 Å². The summed E-state index contributed by atoms with van der Waals surface area (Å²) < 4.78 is 32.5. The molecule has 4 nitrogen and oxygen atoms in total. The zero-order valence-electron chi connectivity index (χ0n) is 12.6. The van der Waals surface area contributed by atoms with Crippen LogP contribution in [0.15, 0.2) is 41.3 Å². The number of rotatable bonds is 4. The van der Waals surface area contributed by atoms with Crippen molar-refractivity contribution in [2.75, 3.05) is 11.8 Å². The highest BCUT2D eigenvalue weighted by Crippen LogP contribution is 2.23. The SMILES string of the molecule is COc1ccc(S(=O)(=O)Nc2ccc(C)c(C)c2)cc1C. The minimum absolute atomic E-state index is 0.221. The Kier molecular flexibility index (Phi) is 4.23. The van der Waals surface area contributed by atoms with Gasteiger partial charge in [-0.15, -0.1) is 0 Å². The Morgan fingerprint density at radius 2 is 1.62 bits per heavy atom. The van der Waals surface area contributed by atoms with E-state index in [1.54, 1.807) is 25.3 Å². The summed E-state index contributed by atoms with van der Waals surface area (Å²) >= 11 is 0. The van der Waals surface area contributed by atoms with Crippen molar-refractivity contribution in [3.8, 4) is 5.75 Å². The number of nitrogens with one attached hydrogen (secondary N) is 1. The summed E-state index contributed by atoms with van der Waals surface area (Å²) in [5.41, 5.74) is 3.51. The zero-order valence-corrected chi connectivity index (χ0v) is 13.4. The molecule has 0 aromatic heterocycles. The lowest BCUT2D eigenvalue weighted by atomic mass is 10.1. The molecule has 0 fully saturated rings. The summed E-state index contributed by atoms with van der Waals surface area (Å²) in [6.07, 6.45) is 0. The molecule has 0 saturated carbocycles. The van der Waals surface area contributed by atoms with Gasteiger partial charge in [0.15, 0.2) is 0 Å². The first-order valence-electron chi connectivity index (χ1n) is 6.58. The van der Waals surface area contributed by atoms with Gasteiger partial charge in [0, 0.05) is 5.69 Å². The second-order valence-electron chi connectivity index (χ2n) is 5.04. The molecule has 0 bridgehead atoms. The van der Waals surface area contributed by atoms with Gasteiger partial charge in [-0.3, -0.25) is 4.72 Å². The van der Waals surface area contributed by atoms with Crippen LogP contribution >= 0.6 is 0 Å². The molecule has 0 aliphatic carbocycles. The Morgan fingerprint density at radius 1 is 0.905 bits per heavy atom. The highest BCUT2D eigenvalue weighted by molar-refractivity contribution is 7.92. The lowest BCUT2D eigenvalue weighted by Gasteiger charge is -2.11. The van der Waals surface area contributed by atoms with Crippen LogP contribution in [0.4, 0.5) is 5.69 Å². The molecule has 0 atom stereocenters. The Hall–Kier alpha value is -2.01. The standard InChI is InChI=1S/C16H19NO3S/c1-11-5-6-14(9-12(11)2)17-21(18,19)15-7-8-16(20-4)13(3)10-15/h5-10,17H,1-4H3. The smallest absolute Gasteiger partial charge is 0.261 e. The molecule has 1 N–H and O–H groups in total. The van der Waals surface area contributed by atoms with E-state index in [2.05, 4.69) is 4.72 Å². The Balaban J connectivity index is 2.33. The molecule has 5 heteroatoms. The lowest BCUT2D eigenvalue weighted by molar-refractivity contribution is 0.411. The topological polar surface area (TPSA) is 55.4 Å². The van der Waals surface area contributed by atoms with Crippen molar-refractivity contribution in [2.24, 2.45) is 0 Å². The maximum Gasteiger partial charge on any atom is 0.261 e. The van der Waals surface area contributed by atoms with E-state index in [0.717, 1.165) is 16.7 Å². The molecule has 0 aliphatic rings. The molecule has 0 spiro atoms. The second-order valence-corrected chi connectivity index (χ2v) is 6.72. The second kappa shape index (κ2) is 5.77. The van der Waals surface area contributed by atoms with Crippen molar-refractivity contribution >= 4 is 15.7 Å². The summed E-state index contributed by atoms with van der Waals surface area (Å²) in [6.45, 7) is 5.75. The van der Waals surface area contributed by atoms with Gasteiger partial charge in [0.2, 0.25) is 0 Å². The first-order valence-corrected chi connectivity index (χ1v) is 8.06. The van der Waals surface area contributed by atoms with E-state index >= 15 is 0 Å². The quantitative estimate of drug-likeness (QED) is 0.941. The number of sulfonamides is 1. The van der Waals surface area contributed by atoms with Gasteiger partial charge in [-0.1, -0.05) is 6.07 Å². The highest BCUT2D eigenvalue weighted by Gasteiger charge is 2.15. The first-order chi connectivity index (χ1) is 9.83. The average Bonchev–Trinajstić information content (AvgIpc) is 2.42. The third kappa shape index (κ3) is 3.36. The Morgan fingerprint density at radius 3 is 2.19 bits per heavy atom. The van der Waals surface area contributed by atoms with Crippen molar-refractivity contribution in [3.63, 3.8) is 0 Å². The third-order valence-corrected chi connectivity index (χ3v) is 4.81. The van der Waals surface area contributed by atoms with E-state index in [-0.39, 0.29) is 4.90 Å². The minimum Gasteiger partial charge on any atom is -0.496 e. The fourth-order valence-corrected chi connectivity index (χ4v) is 3.17. The Bertz CT molecular complexity index is 767. The molecule has 0 radical (unpaired) electrons. The van der Waals surface area contributed by atoms with Crippen LogP contribution in [0, 0.1) is 20.8 Å². The molecular weight excluding hydrogens is 286 g/mol. The molecule has 0 aliphatic heterocycles. The third-order valence-electron chi connectivity index (χ3n) is 3.44. The lowest BCUT2D eigenvalue weighted by Crippen LogP contribution is -2.13. The van der Waals surface area contributed by atoms with Crippen LogP contribution in [-0.4, -0.2) is 15.5 Å². The number of hydrogen-bond acceptors (Lipinski definition) is 3.